The lowest BCUT2D eigenvalue weighted by atomic mass is 9.66. The maximum atomic E-state index is 3.66. The molecule has 1 rings (SSSR count). The SMILES string of the molecule is CCSCCCC1(CNCC(C)C)CCC1. The zero-order valence-electron chi connectivity index (χ0n) is 11.3. The first-order valence-electron chi connectivity index (χ1n) is 6.97. The Labute approximate surface area is 106 Å². The smallest absolute Gasteiger partial charge is 0.000792 e. The molecule has 0 aromatic rings. The zero-order chi connectivity index (χ0) is 11.9. The molecule has 0 bridgehead atoms. The third kappa shape index (κ3) is 5.09. The molecule has 1 aliphatic rings. The van der Waals surface area contributed by atoms with E-state index in [-0.39, 0.29) is 0 Å². The summed E-state index contributed by atoms with van der Waals surface area (Å²) in [6.45, 7) is 9.29. The van der Waals surface area contributed by atoms with Crippen LogP contribution in [0, 0.1) is 11.3 Å². The lowest BCUT2D eigenvalue weighted by Gasteiger charge is -2.42. The van der Waals surface area contributed by atoms with Crippen molar-refractivity contribution in [2.24, 2.45) is 11.3 Å². The van der Waals surface area contributed by atoms with Gasteiger partial charge in [0.25, 0.3) is 0 Å². The fraction of sp³-hybridized carbons (Fsp3) is 1.00. The van der Waals surface area contributed by atoms with Crippen LogP contribution in [0.1, 0.15) is 52.9 Å². The average Bonchev–Trinajstić information content (AvgIpc) is 2.19. The Morgan fingerprint density at radius 1 is 1.31 bits per heavy atom. The molecule has 0 atom stereocenters. The van der Waals surface area contributed by atoms with Crippen LogP contribution >= 0.6 is 11.8 Å². The fourth-order valence-corrected chi connectivity index (χ4v) is 3.15. The predicted octanol–water partition coefficient (Wildman–Crippen LogP) is 3.94. The second-order valence-electron chi connectivity index (χ2n) is 5.68. The number of rotatable bonds is 9. The van der Waals surface area contributed by atoms with Gasteiger partial charge in [0.15, 0.2) is 0 Å². The summed E-state index contributed by atoms with van der Waals surface area (Å²) in [4.78, 5) is 0. The van der Waals surface area contributed by atoms with Crippen molar-refractivity contribution in [1.29, 1.82) is 0 Å². The maximum absolute atomic E-state index is 3.66. The van der Waals surface area contributed by atoms with Crippen molar-refractivity contribution in [2.45, 2.75) is 52.9 Å². The molecule has 2 heteroatoms. The Kier molecular flexibility index (Phi) is 6.83. The largest absolute Gasteiger partial charge is 0.316 e. The summed E-state index contributed by atoms with van der Waals surface area (Å²) in [5, 5.41) is 3.66. The highest BCUT2D eigenvalue weighted by atomic mass is 32.2. The molecule has 1 aliphatic carbocycles. The van der Waals surface area contributed by atoms with Gasteiger partial charge in [-0.1, -0.05) is 27.2 Å². The number of nitrogens with one attached hydrogen (secondary N) is 1. The van der Waals surface area contributed by atoms with Gasteiger partial charge in [0.05, 0.1) is 0 Å². The van der Waals surface area contributed by atoms with Gasteiger partial charge in [0, 0.05) is 6.54 Å². The molecule has 0 unspecified atom stereocenters. The van der Waals surface area contributed by atoms with Crippen LogP contribution in [0.25, 0.3) is 0 Å². The van der Waals surface area contributed by atoms with E-state index < -0.39 is 0 Å². The number of hydrogen-bond donors (Lipinski definition) is 1. The minimum atomic E-state index is 0.684. The molecule has 1 saturated carbocycles. The standard InChI is InChI=1S/C14H29NS/c1-4-16-10-6-9-14(7-5-8-14)12-15-11-13(2)3/h13,15H,4-12H2,1-3H3. The van der Waals surface area contributed by atoms with Crippen molar-refractivity contribution in [3.63, 3.8) is 0 Å². The van der Waals surface area contributed by atoms with Crippen molar-refractivity contribution >= 4 is 11.8 Å². The Bertz CT molecular complexity index is 176. The van der Waals surface area contributed by atoms with Crippen LogP contribution < -0.4 is 5.32 Å². The van der Waals surface area contributed by atoms with Crippen LogP contribution in [0.4, 0.5) is 0 Å². The molecular weight excluding hydrogens is 214 g/mol. The summed E-state index contributed by atoms with van der Waals surface area (Å²) in [5.74, 6) is 3.42. The highest BCUT2D eigenvalue weighted by Gasteiger charge is 2.35. The molecule has 96 valence electrons. The first-order valence-corrected chi connectivity index (χ1v) is 8.12. The quantitative estimate of drug-likeness (QED) is 0.616. The third-order valence-electron chi connectivity index (χ3n) is 3.67. The van der Waals surface area contributed by atoms with E-state index >= 15 is 0 Å². The van der Waals surface area contributed by atoms with Crippen LogP contribution in [-0.4, -0.2) is 24.6 Å². The van der Waals surface area contributed by atoms with Gasteiger partial charge in [-0.3, -0.25) is 0 Å². The molecule has 0 aliphatic heterocycles. The van der Waals surface area contributed by atoms with E-state index in [1.165, 1.54) is 56.7 Å². The van der Waals surface area contributed by atoms with Gasteiger partial charge in [-0.05, 0) is 55.1 Å². The second-order valence-corrected chi connectivity index (χ2v) is 7.07. The molecule has 1 nitrogen and oxygen atoms in total. The summed E-state index contributed by atoms with van der Waals surface area (Å²) in [5.41, 5.74) is 0.684. The lowest BCUT2D eigenvalue weighted by Crippen LogP contribution is -2.41. The number of thioether (sulfide) groups is 1. The topological polar surface area (TPSA) is 12.0 Å². The van der Waals surface area contributed by atoms with E-state index in [0.29, 0.717) is 5.41 Å². The van der Waals surface area contributed by atoms with Crippen molar-refractivity contribution < 1.29 is 0 Å². The molecule has 0 amide bonds. The molecule has 1 N–H and O–H groups in total. The summed E-state index contributed by atoms with van der Waals surface area (Å²) in [7, 11) is 0. The minimum absolute atomic E-state index is 0.684. The first kappa shape index (κ1) is 14.4. The van der Waals surface area contributed by atoms with E-state index in [2.05, 4.69) is 37.8 Å². The Hall–Kier alpha value is 0.310. The first-order chi connectivity index (χ1) is 7.68. The molecule has 0 saturated heterocycles. The Balaban J connectivity index is 2.12. The molecule has 0 aromatic carbocycles. The van der Waals surface area contributed by atoms with Crippen LogP contribution in [-0.2, 0) is 0 Å². The predicted molar refractivity (Wildman–Crippen MR) is 76.2 cm³/mol. The van der Waals surface area contributed by atoms with Crippen LogP contribution in [0.2, 0.25) is 0 Å². The summed E-state index contributed by atoms with van der Waals surface area (Å²) in [6, 6.07) is 0. The molecule has 0 radical (unpaired) electrons. The monoisotopic (exact) mass is 243 g/mol. The molecule has 1 fully saturated rings. The Morgan fingerprint density at radius 3 is 2.56 bits per heavy atom. The van der Waals surface area contributed by atoms with E-state index in [9.17, 15) is 0 Å². The second kappa shape index (κ2) is 7.60. The van der Waals surface area contributed by atoms with Crippen molar-refractivity contribution in [3.05, 3.63) is 0 Å². The molecule has 0 spiro atoms. The van der Waals surface area contributed by atoms with Crippen molar-refractivity contribution in [1.82, 2.24) is 5.32 Å². The summed E-state index contributed by atoms with van der Waals surface area (Å²) in [6.07, 6.45) is 7.26. The summed E-state index contributed by atoms with van der Waals surface area (Å²) >= 11 is 2.09. The third-order valence-corrected chi connectivity index (χ3v) is 4.65. The highest BCUT2D eigenvalue weighted by molar-refractivity contribution is 7.99. The van der Waals surface area contributed by atoms with Gasteiger partial charge in [-0.15, -0.1) is 0 Å². The number of hydrogen-bond acceptors (Lipinski definition) is 2. The van der Waals surface area contributed by atoms with Crippen LogP contribution in [0.5, 0.6) is 0 Å². The summed E-state index contributed by atoms with van der Waals surface area (Å²) < 4.78 is 0. The van der Waals surface area contributed by atoms with Gasteiger partial charge in [0.2, 0.25) is 0 Å². The lowest BCUT2D eigenvalue weighted by molar-refractivity contribution is 0.115. The fourth-order valence-electron chi connectivity index (χ4n) is 2.51. The van der Waals surface area contributed by atoms with Gasteiger partial charge < -0.3 is 5.32 Å². The highest BCUT2D eigenvalue weighted by Crippen LogP contribution is 2.44. The maximum Gasteiger partial charge on any atom is 0.000792 e. The van der Waals surface area contributed by atoms with Crippen LogP contribution in [0.15, 0.2) is 0 Å². The molecular formula is C14H29NS. The van der Waals surface area contributed by atoms with E-state index in [0.717, 1.165) is 5.92 Å². The van der Waals surface area contributed by atoms with Crippen molar-refractivity contribution in [3.8, 4) is 0 Å². The average molecular weight is 243 g/mol. The van der Waals surface area contributed by atoms with Crippen LogP contribution in [0.3, 0.4) is 0 Å². The molecule has 0 aromatic heterocycles. The van der Waals surface area contributed by atoms with Gasteiger partial charge in [-0.2, -0.15) is 11.8 Å². The van der Waals surface area contributed by atoms with Gasteiger partial charge in [0.1, 0.15) is 0 Å². The van der Waals surface area contributed by atoms with Crippen molar-refractivity contribution in [2.75, 3.05) is 24.6 Å². The minimum Gasteiger partial charge on any atom is -0.316 e. The van der Waals surface area contributed by atoms with E-state index in [1.54, 1.807) is 0 Å². The molecule has 0 heterocycles. The zero-order valence-corrected chi connectivity index (χ0v) is 12.2. The Morgan fingerprint density at radius 2 is 2.06 bits per heavy atom. The van der Waals surface area contributed by atoms with E-state index in [1.807, 2.05) is 0 Å². The van der Waals surface area contributed by atoms with Gasteiger partial charge in [-0.25, -0.2) is 0 Å². The van der Waals surface area contributed by atoms with Gasteiger partial charge >= 0.3 is 0 Å². The van der Waals surface area contributed by atoms with E-state index in [4.69, 9.17) is 0 Å². The normalized spacial score (nSPS) is 18.8. The molecule has 16 heavy (non-hydrogen) atoms.